The Bertz CT molecular complexity index is 454. The Kier molecular flexibility index (Phi) is 5.49. The van der Waals surface area contributed by atoms with E-state index >= 15 is 0 Å². The minimum atomic E-state index is -0.915. The fourth-order valence-electron chi connectivity index (χ4n) is 2.16. The minimum absolute atomic E-state index is 0.207. The number of aromatic nitrogens is 3. The summed E-state index contributed by atoms with van der Waals surface area (Å²) in [6.07, 6.45) is 4.37. The quantitative estimate of drug-likeness (QED) is 0.808. The molecule has 1 aromatic heterocycles. The molecule has 0 saturated carbocycles. The van der Waals surface area contributed by atoms with E-state index in [2.05, 4.69) is 21.6 Å². The highest BCUT2D eigenvalue weighted by molar-refractivity contribution is 5.85. The molecule has 0 atom stereocenters. The highest BCUT2D eigenvalue weighted by Crippen LogP contribution is 2.29. The lowest BCUT2D eigenvalue weighted by Gasteiger charge is -2.24. The predicted octanol–water partition coefficient (Wildman–Crippen LogP) is 1.54. The number of aryl methyl sites for hydroxylation is 1. The summed E-state index contributed by atoms with van der Waals surface area (Å²) in [5, 5.41) is 19.8. The zero-order valence-electron chi connectivity index (χ0n) is 11.8. The zero-order valence-corrected chi connectivity index (χ0v) is 11.8. The Balaban J connectivity index is 2.72. The van der Waals surface area contributed by atoms with Gasteiger partial charge in [0.15, 0.2) is 5.82 Å². The van der Waals surface area contributed by atoms with Crippen molar-refractivity contribution in [2.75, 3.05) is 0 Å². The maximum absolute atomic E-state index is 12.3. The van der Waals surface area contributed by atoms with Crippen molar-refractivity contribution in [3.05, 3.63) is 12.2 Å². The van der Waals surface area contributed by atoms with Gasteiger partial charge >= 0.3 is 0 Å². The van der Waals surface area contributed by atoms with Crippen LogP contribution in [0, 0.1) is 16.7 Å². The van der Waals surface area contributed by atoms with Gasteiger partial charge in [-0.05, 0) is 12.8 Å². The third kappa shape index (κ3) is 3.53. The molecule has 1 rings (SSSR count). The monoisotopic (exact) mass is 263 g/mol. The first-order valence-electron chi connectivity index (χ1n) is 6.62. The van der Waals surface area contributed by atoms with E-state index in [1.165, 1.54) is 0 Å². The van der Waals surface area contributed by atoms with Gasteiger partial charge in [0, 0.05) is 7.05 Å². The molecule has 19 heavy (non-hydrogen) atoms. The standard InChI is InChI=1S/C13H21N5O/c1-4-6-13(9-14,7-5-2)12(19)15-8-11-17-16-10-18(11)3/h10H,4-8H2,1-3H3,(H,15,19). The van der Waals surface area contributed by atoms with E-state index < -0.39 is 5.41 Å². The summed E-state index contributed by atoms with van der Waals surface area (Å²) in [6.45, 7) is 4.27. The molecule has 0 saturated heterocycles. The number of carbonyl (C=O) groups excluding carboxylic acids is 1. The topological polar surface area (TPSA) is 83.6 Å². The lowest BCUT2D eigenvalue weighted by Crippen LogP contribution is -2.40. The van der Waals surface area contributed by atoms with Crippen molar-refractivity contribution in [2.45, 2.75) is 46.1 Å². The maximum Gasteiger partial charge on any atom is 0.240 e. The summed E-state index contributed by atoms with van der Waals surface area (Å²) < 4.78 is 1.74. The van der Waals surface area contributed by atoms with Gasteiger partial charge < -0.3 is 9.88 Å². The number of amides is 1. The van der Waals surface area contributed by atoms with Gasteiger partial charge in [-0.15, -0.1) is 10.2 Å². The van der Waals surface area contributed by atoms with E-state index in [0.29, 0.717) is 25.2 Å². The Morgan fingerprint density at radius 2 is 2.11 bits per heavy atom. The molecule has 1 aromatic rings. The average Bonchev–Trinajstić information content (AvgIpc) is 2.81. The molecular weight excluding hydrogens is 242 g/mol. The largest absolute Gasteiger partial charge is 0.347 e. The van der Waals surface area contributed by atoms with Crippen molar-refractivity contribution in [2.24, 2.45) is 12.5 Å². The van der Waals surface area contributed by atoms with Crippen LogP contribution in [0.2, 0.25) is 0 Å². The van der Waals surface area contributed by atoms with Gasteiger partial charge in [0.2, 0.25) is 5.91 Å². The first kappa shape index (κ1) is 15.2. The van der Waals surface area contributed by atoms with Crippen molar-refractivity contribution in [1.82, 2.24) is 20.1 Å². The summed E-state index contributed by atoms with van der Waals surface area (Å²) in [6, 6.07) is 2.21. The number of nitrogens with one attached hydrogen (secondary N) is 1. The van der Waals surface area contributed by atoms with E-state index in [1.54, 1.807) is 10.9 Å². The molecule has 0 radical (unpaired) electrons. The molecule has 0 aromatic carbocycles. The molecule has 0 aliphatic heterocycles. The third-order valence-corrected chi connectivity index (χ3v) is 3.21. The number of carbonyl (C=O) groups is 1. The van der Waals surface area contributed by atoms with Crippen molar-refractivity contribution >= 4 is 5.91 Å². The Morgan fingerprint density at radius 3 is 2.53 bits per heavy atom. The van der Waals surface area contributed by atoms with Gasteiger partial charge in [0.1, 0.15) is 11.7 Å². The molecule has 0 bridgehead atoms. The Morgan fingerprint density at radius 1 is 1.47 bits per heavy atom. The van der Waals surface area contributed by atoms with Gasteiger partial charge in [-0.25, -0.2) is 0 Å². The summed E-state index contributed by atoms with van der Waals surface area (Å²) in [7, 11) is 1.82. The molecule has 0 fully saturated rings. The minimum Gasteiger partial charge on any atom is -0.347 e. The van der Waals surface area contributed by atoms with Gasteiger partial charge in [0.25, 0.3) is 0 Å². The highest BCUT2D eigenvalue weighted by Gasteiger charge is 2.36. The number of nitriles is 1. The average molecular weight is 263 g/mol. The smallest absolute Gasteiger partial charge is 0.240 e. The van der Waals surface area contributed by atoms with Crippen LogP contribution >= 0.6 is 0 Å². The summed E-state index contributed by atoms with van der Waals surface area (Å²) in [4.78, 5) is 12.3. The molecule has 0 unspecified atom stereocenters. The molecule has 0 aliphatic carbocycles. The normalized spacial score (nSPS) is 11.1. The van der Waals surface area contributed by atoms with Crippen LogP contribution in [-0.2, 0) is 18.4 Å². The van der Waals surface area contributed by atoms with Crippen LogP contribution in [0.1, 0.15) is 45.4 Å². The van der Waals surface area contributed by atoms with Gasteiger partial charge in [0.05, 0.1) is 12.6 Å². The van der Waals surface area contributed by atoms with E-state index in [0.717, 1.165) is 12.8 Å². The fourth-order valence-corrected chi connectivity index (χ4v) is 2.16. The first-order chi connectivity index (χ1) is 9.09. The summed E-state index contributed by atoms with van der Waals surface area (Å²) in [5.41, 5.74) is -0.915. The lowest BCUT2D eigenvalue weighted by atomic mass is 9.80. The van der Waals surface area contributed by atoms with Crippen LogP contribution in [-0.4, -0.2) is 20.7 Å². The number of hydrogen-bond acceptors (Lipinski definition) is 4. The van der Waals surface area contributed by atoms with Crippen LogP contribution in [0.4, 0.5) is 0 Å². The van der Waals surface area contributed by atoms with Gasteiger partial charge in [-0.3, -0.25) is 4.79 Å². The zero-order chi connectivity index (χ0) is 14.3. The van der Waals surface area contributed by atoms with Gasteiger partial charge in [-0.1, -0.05) is 26.7 Å². The van der Waals surface area contributed by atoms with E-state index in [4.69, 9.17) is 0 Å². The SMILES string of the molecule is CCCC(C#N)(CCC)C(=O)NCc1nncn1C. The second-order valence-corrected chi connectivity index (χ2v) is 4.73. The second kappa shape index (κ2) is 6.88. The highest BCUT2D eigenvalue weighted by atomic mass is 16.2. The maximum atomic E-state index is 12.3. The molecular formula is C13H21N5O. The first-order valence-corrected chi connectivity index (χ1v) is 6.62. The van der Waals surface area contributed by atoms with Crippen molar-refractivity contribution in [1.29, 1.82) is 5.26 Å². The molecule has 6 heteroatoms. The van der Waals surface area contributed by atoms with E-state index in [-0.39, 0.29) is 5.91 Å². The lowest BCUT2D eigenvalue weighted by molar-refractivity contribution is -0.129. The molecule has 6 nitrogen and oxygen atoms in total. The van der Waals surface area contributed by atoms with Crippen LogP contribution in [0.3, 0.4) is 0 Å². The summed E-state index contributed by atoms with van der Waals surface area (Å²) >= 11 is 0. The fraction of sp³-hybridized carbons (Fsp3) is 0.692. The van der Waals surface area contributed by atoms with Crippen LogP contribution < -0.4 is 5.32 Å². The molecule has 1 amide bonds. The second-order valence-electron chi connectivity index (χ2n) is 4.73. The van der Waals surface area contributed by atoms with Crippen molar-refractivity contribution in [3.8, 4) is 6.07 Å². The van der Waals surface area contributed by atoms with Gasteiger partial charge in [-0.2, -0.15) is 5.26 Å². The van der Waals surface area contributed by atoms with E-state index in [9.17, 15) is 10.1 Å². The number of hydrogen-bond donors (Lipinski definition) is 1. The molecule has 0 spiro atoms. The third-order valence-electron chi connectivity index (χ3n) is 3.21. The van der Waals surface area contributed by atoms with Crippen molar-refractivity contribution < 1.29 is 4.79 Å². The summed E-state index contributed by atoms with van der Waals surface area (Å²) in [5.74, 6) is 0.467. The molecule has 0 aliphatic rings. The number of nitrogens with zero attached hydrogens (tertiary/aromatic N) is 4. The van der Waals surface area contributed by atoms with Crippen LogP contribution in [0.15, 0.2) is 6.33 Å². The Hall–Kier alpha value is -1.90. The van der Waals surface area contributed by atoms with Crippen LogP contribution in [0.25, 0.3) is 0 Å². The van der Waals surface area contributed by atoms with E-state index in [1.807, 2.05) is 20.9 Å². The molecule has 1 heterocycles. The molecule has 104 valence electrons. The van der Waals surface area contributed by atoms with Crippen molar-refractivity contribution in [3.63, 3.8) is 0 Å². The number of rotatable bonds is 7. The Labute approximate surface area is 113 Å². The predicted molar refractivity (Wildman–Crippen MR) is 70.7 cm³/mol. The molecule has 1 N–H and O–H groups in total. The van der Waals surface area contributed by atoms with Crippen LogP contribution in [0.5, 0.6) is 0 Å².